The Bertz CT molecular complexity index is 562. The van der Waals surface area contributed by atoms with Gasteiger partial charge in [0.2, 0.25) is 0 Å². The van der Waals surface area contributed by atoms with E-state index in [0.717, 1.165) is 22.9 Å². The maximum absolute atomic E-state index is 4.69. The maximum Gasteiger partial charge on any atom is 0.126 e. The van der Waals surface area contributed by atoms with Gasteiger partial charge in [-0.3, -0.25) is 0 Å². The highest BCUT2D eigenvalue weighted by atomic mass is 32.1. The van der Waals surface area contributed by atoms with Crippen molar-refractivity contribution in [1.29, 1.82) is 0 Å². The molecular formula is C14H17N3S. The Labute approximate surface area is 111 Å². The second kappa shape index (κ2) is 4.69. The van der Waals surface area contributed by atoms with Crippen molar-refractivity contribution in [3.8, 4) is 0 Å². The van der Waals surface area contributed by atoms with Crippen LogP contribution in [-0.2, 0) is 12.8 Å². The Morgan fingerprint density at radius 1 is 1.28 bits per heavy atom. The molecule has 0 radical (unpaired) electrons. The van der Waals surface area contributed by atoms with E-state index in [0.29, 0.717) is 0 Å². The fraction of sp³-hybridized carbons (Fsp3) is 0.429. The molecule has 2 heterocycles. The monoisotopic (exact) mass is 259 g/mol. The van der Waals surface area contributed by atoms with E-state index >= 15 is 0 Å². The summed E-state index contributed by atoms with van der Waals surface area (Å²) in [6, 6.07) is 4.51. The van der Waals surface area contributed by atoms with Crippen molar-refractivity contribution in [1.82, 2.24) is 9.97 Å². The third-order valence-corrected chi connectivity index (χ3v) is 4.45. The highest BCUT2D eigenvalue weighted by Crippen LogP contribution is 2.25. The highest BCUT2D eigenvalue weighted by Gasteiger charge is 2.14. The van der Waals surface area contributed by atoms with Gasteiger partial charge in [0.1, 0.15) is 10.8 Å². The first-order valence-corrected chi connectivity index (χ1v) is 7.28. The lowest BCUT2D eigenvalue weighted by Crippen LogP contribution is -2.08. The van der Waals surface area contributed by atoms with Crippen LogP contribution in [0.3, 0.4) is 0 Å². The lowest BCUT2D eigenvalue weighted by Gasteiger charge is -2.12. The number of hydrogen-bond donors (Lipinski definition) is 1. The third kappa shape index (κ3) is 2.25. The van der Waals surface area contributed by atoms with Crippen LogP contribution < -0.4 is 5.32 Å². The van der Waals surface area contributed by atoms with Crippen molar-refractivity contribution in [3.63, 3.8) is 0 Å². The molecule has 0 saturated heterocycles. The zero-order valence-corrected chi connectivity index (χ0v) is 11.5. The zero-order chi connectivity index (χ0) is 12.5. The van der Waals surface area contributed by atoms with Crippen LogP contribution in [0.4, 0.5) is 5.82 Å². The molecule has 3 nitrogen and oxygen atoms in total. The predicted molar refractivity (Wildman–Crippen MR) is 75.2 cm³/mol. The van der Waals surface area contributed by atoms with E-state index < -0.39 is 0 Å². The van der Waals surface area contributed by atoms with Crippen LogP contribution in [0.2, 0.25) is 0 Å². The number of hydrogen-bond acceptors (Lipinski definition) is 4. The number of thiazole rings is 1. The van der Waals surface area contributed by atoms with Crippen LogP contribution in [0, 0.1) is 6.92 Å². The molecule has 18 heavy (non-hydrogen) atoms. The second-order valence-electron chi connectivity index (χ2n) is 4.85. The minimum absolute atomic E-state index is 0.218. The number of nitrogens with one attached hydrogen (secondary N) is 1. The van der Waals surface area contributed by atoms with Gasteiger partial charge in [-0.25, -0.2) is 9.97 Å². The van der Waals surface area contributed by atoms with Gasteiger partial charge in [-0.15, -0.1) is 11.3 Å². The Hall–Kier alpha value is -1.42. The summed E-state index contributed by atoms with van der Waals surface area (Å²) < 4.78 is 0. The van der Waals surface area contributed by atoms with E-state index in [4.69, 9.17) is 4.98 Å². The van der Waals surface area contributed by atoms with Gasteiger partial charge in [0.05, 0.1) is 6.04 Å². The minimum Gasteiger partial charge on any atom is -0.361 e. The van der Waals surface area contributed by atoms with Gasteiger partial charge in [0.25, 0.3) is 0 Å². The molecule has 1 N–H and O–H groups in total. The minimum atomic E-state index is 0.218. The molecule has 0 bridgehead atoms. The summed E-state index contributed by atoms with van der Waals surface area (Å²) in [5.74, 6) is 0.969. The van der Waals surface area contributed by atoms with Crippen molar-refractivity contribution in [2.24, 2.45) is 0 Å². The average Bonchev–Trinajstić information content (AvgIpc) is 2.96. The van der Waals surface area contributed by atoms with Crippen LogP contribution in [-0.4, -0.2) is 9.97 Å². The number of aromatic nitrogens is 2. The second-order valence-corrected chi connectivity index (χ2v) is 5.74. The number of pyridine rings is 1. The third-order valence-electron chi connectivity index (χ3n) is 3.30. The van der Waals surface area contributed by atoms with Crippen molar-refractivity contribution in [2.75, 3.05) is 5.32 Å². The first-order chi connectivity index (χ1) is 8.72. The van der Waals surface area contributed by atoms with Crippen LogP contribution in [0.15, 0.2) is 17.5 Å². The SMILES string of the molecule is Cc1csc(C(C)Nc2ccc3c(n2)CCC3)n1. The normalized spacial score (nSPS) is 15.4. The Kier molecular flexibility index (Phi) is 3.04. The summed E-state index contributed by atoms with van der Waals surface area (Å²) in [6.45, 7) is 4.16. The van der Waals surface area contributed by atoms with E-state index in [9.17, 15) is 0 Å². The molecule has 1 aliphatic carbocycles. The summed E-state index contributed by atoms with van der Waals surface area (Å²) in [6.07, 6.45) is 3.55. The van der Waals surface area contributed by atoms with Crippen LogP contribution >= 0.6 is 11.3 Å². The van der Waals surface area contributed by atoms with Crippen molar-refractivity contribution >= 4 is 17.2 Å². The Morgan fingerprint density at radius 2 is 2.17 bits per heavy atom. The summed E-state index contributed by atoms with van der Waals surface area (Å²) in [5.41, 5.74) is 3.77. The molecule has 1 atom stereocenters. The van der Waals surface area contributed by atoms with Crippen molar-refractivity contribution in [2.45, 2.75) is 39.2 Å². The molecule has 0 amide bonds. The molecule has 0 fully saturated rings. The standard InChI is InChI=1S/C14H17N3S/c1-9-8-18-14(15-9)10(2)16-13-7-6-11-4-3-5-12(11)17-13/h6-8,10H,3-5H2,1-2H3,(H,16,17). The quantitative estimate of drug-likeness (QED) is 0.916. The molecule has 0 saturated carbocycles. The molecular weight excluding hydrogens is 242 g/mol. The number of anilines is 1. The molecule has 94 valence electrons. The number of rotatable bonds is 3. The largest absolute Gasteiger partial charge is 0.361 e. The first-order valence-electron chi connectivity index (χ1n) is 6.40. The smallest absolute Gasteiger partial charge is 0.126 e. The summed E-state index contributed by atoms with van der Waals surface area (Å²) in [5, 5.41) is 6.65. The van der Waals surface area contributed by atoms with E-state index in [2.05, 4.69) is 34.7 Å². The van der Waals surface area contributed by atoms with Gasteiger partial charge >= 0.3 is 0 Å². The van der Waals surface area contributed by atoms with Gasteiger partial charge in [0, 0.05) is 16.8 Å². The molecule has 0 aliphatic heterocycles. The fourth-order valence-electron chi connectivity index (χ4n) is 2.36. The predicted octanol–water partition coefficient (Wildman–Crippen LogP) is 3.51. The molecule has 1 unspecified atom stereocenters. The molecule has 0 spiro atoms. The van der Waals surface area contributed by atoms with E-state index in [-0.39, 0.29) is 6.04 Å². The average molecular weight is 259 g/mol. The Balaban J connectivity index is 1.76. The van der Waals surface area contributed by atoms with E-state index in [1.807, 2.05) is 6.92 Å². The van der Waals surface area contributed by atoms with Gasteiger partial charge < -0.3 is 5.32 Å². The van der Waals surface area contributed by atoms with Crippen LogP contribution in [0.5, 0.6) is 0 Å². The summed E-state index contributed by atoms with van der Waals surface area (Å²) >= 11 is 1.70. The first kappa shape index (κ1) is 11.7. The van der Waals surface area contributed by atoms with Gasteiger partial charge in [0.15, 0.2) is 0 Å². The maximum atomic E-state index is 4.69. The molecule has 2 aromatic heterocycles. The van der Waals surface area contributed by atoms with Crippen LogP contribution in [0.1, 0.15) is 41.3 Å². The number of fused-ring (bicyclic) bond motifs is 1. The van der Waals surface area contributed by atoms with E-state index in [1.54, 1.807) is 11.3 Å². The summed E-state index contributed by atoms with van der Waals surface area (Å²) in [7, 11) is 0. The van der Waals surface area contributed by atoms with E-state index in [1.165, 1.54) is 24.1 Å². The van der Waals surface area contributed by atoms with Crippen molar-refractivity contribution in [3.05, 3.63) is 39.5 Å². The van der Waals surface area contributed by atoms with Gasteiger partial charge in [-0.05, 0) is 44.7 Å². The van der Waals surface area contributed by atoms with Crippen LogP contribution in [0.25, 0.3) is 0 Å². The molecule has 1 aliphatic rings. The summed E-state index contributed by atoms with van der Waals surface area (Å²) in [4.78, 5) is 9.20. The topological polar surface area (TPSA) is 37.8 Å². The van der Waals surface area contributed by atoms with Gasteiger partial charge in [-0.2, -0.15) is 0 Å². The molecule has 3 rings (SSSR count). The van der Waals surface area contributed by atoms with Gasteiger partial charge in [-0.1, -0.05) is 6.07 Å². The molecule has 0 aromatic carbocycles. The molecule has 2 aromatic rings. The van der Waals surface area contributed by atoms with Crippen molar-refractivity contribution < 1.29 is 0 Å². The lowest BCUT2D eigenvalue weighted by atomic mass is 10.2. The number of aryl methyl sites for hydroxylation is 3. The highest BCUT2D eigenvalue weighted by molar-refractivity contribution is 7.09. The fourth-order valence-corrected chi connectivity index (χ4v) is 3.16. The zero-order valence-electron chi connectivity index (χ0n) is 10.7. The number of nitrogens with zero attached hydrogens (tertiary/aromatic N) is 2. The molecule has 4 heteroatoms. The Morgan fingerprint density at radius 3 is 2.94 bits per heavy atom. The lowest BCUT2D eigenvalue weighted by molar-refractivity contribution is 0.850.